The molecule has 0 unspecified atom stereocenters. The van der Waals surface area contributed by atoms with Gasteiger partial charge in [0.05, 0.1) is 4.47 Å². The lowest BCUT2D eigenvalue weighted by Gasteiger charge is -2.07. The summed E-state index contributed by atoms with van der Waals surface area (Å²) in [5.41, 5.74) is 6.49. The Morgan fingerprint density at radius 1 is 1.24 bits per heavy atom. The maximum Gasteiger partial charge on any atom is 0.248 e. The highest BCUT2D eigenvalue weighted by atomic mass is 79.9. The van der Waals surface area contributed by atoms with Crippen LogP contribution in [0, 0.1) is 0 Å². The smallest absolute Gasteiger partial charge is 0.248 e. The number of pyridine rings is 1. The van der Waals surface area contributed by atoms with E-state index in [-0.39, 0.29) is 0 Å². The van der Waals surface area contributed by atoms with Gasteiger partial charge in [0.1, 0.15) is 5.82 Å². The number of carbonyl (C=O) groups is 1. The highest BCUT2D eigenvalue weighted by Gasteiger charge is 2.02. The molecule has 3 N–H and O–H groups in total. The molecule has 1 amide bonds. The van der Waals surface area contributed by atoms with Gasteiger partial charge in [-0.05, 0) is 52.3 Å². The van der Waals surface area contributed by atoms with Gasteiger partial charge in [-0.2, -0.15) is 0 Å². The molecule has 1 aromatic carbocycles. The average molecular weight is 292 g/mol. The van der Waals surface area contributed by atoms with Crippen LogP contribution in [-0.4, -0.2) is 10.9 Å². The monoisotopic (exact) mass is 291 g/mol. The summed E-state index contributed by atoms with van der Waals surface area (Å²) < 4.78 is 0.874. The molecule has 1 heterocycles. The van der Waals surface area contributed by atoms with Crippen LogP contribution in [0.15, 0.2) is 47.1 Å². The van der Waals surface area contributed by atoms with Crippen molar-refractivity contribution < 1.29 is 4.79 Å². The molecule has 0 aliphatic carbocycles. The van der Waals surface area contributed by atoms with Crippen LogP contribution in [-0.2, 0) is 0 Å². The molecular weight excluding hydrogens is 282 g/mol. The van der Waals surface area contributed by atoms with Crippen LogP contribution in [0.5, 0.6) is 0 Å². The Hall–Kier alpha value is -1.88. The van der Waals surface area contributed by atoms with E-state index in [1.807, 2.05) is 12.1 Å². The number of benzene rings is 1. The minimum Gasteiger partial charge on any atom is -0.366 e. The lowest BCUT2D eigenvalue weighted by molar-refractivity contribution is 0.100. The molecule has 0 saturated heterocycles. The second-order valence-electron chi connectivity index (χ2n) is 3.40. The summed E-state index contributed by atoms with van der Waals surface area (Å²) in [6.45, 7) is 0. The summed E-state index contributed by atoms with van der Waals surface area (Å²) in [5.74, 6) is 0.287. The van der Waals surface area contributed by atoms with E-state index in [1.165, 1.54) is 0 Å². The van der Waals surface area contributed by atoms with E-state index in [1.54, 1.807) is 30.5 Å². The first-order chi connectivity index (χ1) is 8.16. The lowest BCUT2D eigenvalue weighted by Crippen LogP contribution is -2.10. The second kappa shape index (κ2) is 4.97. The van der Waals surface area contributed by atoms with E-state index in [0.29, 0.717) is 5.56 Å². The number of nitrogens with two attached hydrogens (primary N) is 1. The number of nitrogens with zero attached hydrogens (tertiary/aromatic N) is 1. The molecule has 0 aliphatic heterocycles. The number of carbonyl (C=O) groups excluding carboxylic acids is 1. The number of anilines is 2. The van der Waals surface area contributed by atoms with Crippen molar-refractivity contribution in [1.82, 2.24) is 4.98 Å². The van der Waals surface area contributed by atoms with Crippen molar-refractivity contribution in [1.29, 1.82) is 0 Å². The molecule has 0 aliphatic rings. The van der Waals surface area contributed by atoms with Gasteiger partial charge >= 0.3 is 0 Å². The Morgan fingerprint density at radius 3 is 2.53 bits per heavy atom. The number of primary amides is 1. The van der Waals surface area contributed by atoms with Crippen LogP contribution < -0.4 is 11.1 Å². The van der Waals surface area contributed by atoms with E-state index in [2.05, 4.69) is 26.2 Å². The molecular formula is C12H10BrN3O. The van der Waals surface area contributed by atoms with E-state index >= 15 is 0 Å². The van der Waals surface area contributed by atoms with Gasteiger partial charge in [0, 0.05) is 17.4 Å². The maximum absolute atomic E-state index is 10.9. The lowest BCUT2D eigenvalue weighted by atomic mass is 10.2. The van der Waals surface area contributed by atoms with Gasteiger partial charge in [0.25, 0.3) is 0 Å². The van der Waals surface area contributed by atoms with E-state index in [0.717, 1.165) is 16.0 Å². The quantitative estimate of drug-likeness (QED) is 0.914. The molecule has 2 rings (SSSR count). The Kier molecular flexibility index (Phi) is 3.39. The number of halogens is 1. The number of aromatic nitrogens is 1. The summed E-state index contributed by atoms with van der Waals surface area (Å²) in [6, 6.07) is 10.6. The van der Waals surface area contributed by atoms with Crippen molar-refractivity contribution >= 4 is 33.3 Å². The number of rotatable bonds is 3. The summed E-state index contributed by atoms with van der Waals surface area (Å²) in [5, 5.41) is 3.13. The van der Waals surface area contributed by atoms with Crippen molar-refractivity contribution in [3.8, 4) is 0 Å². The standard InChI is InChI=1S/C12H10BrN3O/c13-10-2-1-7-15-12(10)16-9-5-3-8(4-6-9)11(14)17/h1-7H,(H2,14,17)(H,15,16). The molecule has 0 bridgehead atoms. The predicted molar refractivity (Wildman–Crippen MR) is 70.2 cm³/mol. The molecule has 0 saturated carbocycles. The average Bonchev–Trinajstić information content (AvgIpc) is 2.33. The zero-order valence-electron chi connectivity index (χ0n) is 8.85. The van der Waals surface area contributed by atoms with Gasteiger partial charge in [-0.1, -0.05) is 0 Å². The van der Waals surface area contributed by atoms with Crippen LogP contribution in [0.1, 0.15) is 10.4 Å². The minimum absolute atomic E-state index is 0.435. The molecule has 0 atom stereocenters. The zero-order chi connectivity index (χ0) is 12.3. The third kappa shape index (κ3) is 2.82. The van der Waals surface area contributed by atoms with Crippen molar-refractivity contribution in [2.24, 2.45) is 5.73 Å². The zero-order valence-corrected chi connectivity index (χ0v) is 10.4. The number of hydrogen-bond donors (Lipinski definition) is 2. The fraction of sp³-hybridized carbons (Fsp3) is 0. The number of amides is 1. The first-order valence-electron chi connectivity index (χ1n) is 4.94. The third-order valence-corrected chi connectivity index (χ3v) is 2.83. The van der Waals surface area contributed by atoms with Crippen molar-refractivity contribution in [2.45, 2.75) is 0 Å². The fourth-order valence-electron chi connectivity index (χ4n) is 1.33. The van der Waals surface area contributed by atoms with Crippen LogP contribution in [0.25, 0.3) is 0 Å². The van der Waals surface area contributed by atoms with Crippen LogP contribution in [0.4, 0.5) is 11.5 Å². The predicted octanol–water partition coefficient (Wildman–Crippen LogP) is 2.69. The molecule has 0 spiro atoms. The Balaban J connectivity index is 2.20. The van der Waals surface area contributed by atoms with Gasteiger partial charge in [0.15, 0.2) is 0 Å². The normalized spacial score (nSPS) is 9.94. The molecule has 0 fully saturated rings. The molecule has 0 radical (unpaired) electrons. The van der Waals surface area contributed by atoms with Gasteiger partial charge in [-0.3, -0.25) is 4.79 Å². The van der Waals surface area contributed by atoms with Crippen molar-refractivity contribution in [2.75, 3.05) is 5.32 Å². The van der Waals surface area contributed by atoms with E-state index in [9.17, 15) is 4.79 Å². The van der Waals surface area contributed by atoms with Crippen LogP contribution >= 0.6 is 15.9 Å². The Morgan fingerprint density at radius 2 is 1.94 bits per heavy atom. The maximum atomic E-state index is 10.9. The van der Waals surface area contributed by atoms with Gasteiger partial charge < -0.3 is 11.1 Å². The molecule has 86 valence electrons. The first-order valence-corrected chi connectivity index (χ1v) is 5.73. The summed E-state index contributed by atoms with van der Waals surface area (Å²) in [4.78, 5) is 15.1. The summed E-state index contributed by atoms with van der Waals surface area (Å²) in [7, 11) is 0. The van der Waals surface area contributed by atoms with Crippen molar-refractivity contribution in [3.63, 3.8) is 0 Å². The molecule has 5 heteroatoms. The third-order valence-electron chi connectivity index (χ3n) is 2.19. The Bertz CT molecular complexity index is 540. The topological polar surface area (TPSA) is 68.0 Å². The van der Waals surface area contributed by atoms with Crippen molar-refractivity contribution in [3.05, 3.63) is 52.6 Å². The van der Waals surface area contributed by atoms with Crippen LogP contribution in [0.3, 0.4) is 0 Å². The summed E-state index contributed by atoms with van der Waals surface area (Å²) >= 11 is 3.39. The number of nitrogens with one attached hydrogen (secondary N) is 1. The second-order valence-corrected chi connectivity index (χ2v) is 4.25. The van der Waals surface area contributed by atoms with Gasteiger partial charge in [-0.25, -0.2) is 4.98 Å². The SMILES string of the molecule is NC(=O)c1ccc(Nc2ncccc2Br)cc1. The minimum atomic E-state index is -0.435. The van der Waals surface area contributed by atoms with Crippen LogP contribution in [0.2, 0.25) is 0 Å². The molecule has 4 nitrogen and oxygen atoms in total. The highest BCUT2D eigenvalue weighted by Crippen LogP contribution is 2.22. The first kappa shape index (κ1) is 11.6. The van der Waals surface area contributed by atoms with Gasteiger partial charge in [-0.15, -0.1) is 0 Å². The largest absolute Gasteiger partial charge is 0.366 e. The molecule has 17 heavy (non-hydrogen) atoms. The molecule has 1 aromatic heterocycles. The summed E-state index contributed by atoms with van der Waals surface area (Å²) in [6.07, 6.45) is 1.70. The fourth-order valence-corrected chi connectivity index (χ4v) is 1.69. The highest BCUT2D eigenvalue weighted by molar-refractivity contribution is 9.10. The van der Waals surface area contributed by atoms with E-state index < -0.39 is 5.91 Å². The van der Waals surface area contributed by atoms with E-state index in [4.69, 9.17) is 5.73 Å². The number of hydrogen-bond acceptors (Lipinski definition) is 3. The Labute approximate surface area is 107 Å². The van der Waals surface area contributed by atoms with Gasteiger partial charge in [0.2, 0.25) is 5.91 Å². The molecule has 2 aromatic rings.